The number of rotatable bonds is 2. The smallest absolute Gasteiger partial charge is 0.303 e. The number of ether oxygens (including phenoxy) is 2. The molecule has 2 saturated heterocycles. The molecule has 2 heterocycles. The summed E-state index contributed by atoms with van der Waals surface area (Å²) in [4.78, 5) is 11.4. The summed E-state index contributed by atoms with van der Waals surface area (Å²) in [6, 6.07) is 0. The van der Waals surface area contributed by atoms with Crippen LogP contribution in [0.5, 0.6) is 0 Å². The zero-order valence-corrected chi connectivity index (χ0v) is 10.6. The first-order valence-corrected chi connectivity index (χ1v) is 7.05. The lowest BCUT2D eigenvalue weighted by Crippen LogP contribution is -2.47. The summed E-state index contributed by atoms with van der Waals surface area (Å²) in [6.07, 6.45) is 10.0. The van der Waals surface area contributed by atoms with Crippen LogP contribution in [0, 0.1) is 5.92 Å². The van der Waals surface area contributed by atoms with E-state index in [9.17, 15) is 4.79 Å². The number of hydrogen-bond donors (Lipinski definition) is 0. The van der Waals surface area contributed by atoms with E-state index in [1.54, 1.807) is 6.92 Å². The lowest BCUT2D eigenvalue weighted by Gasteiger charge is -2.43. The fraction of sp³-hybridized carbons (Fsp3) is 0.929. The zero-order valence-electron chi connectivity index (χ0n) is 10.6. The third-order valence-corrected chi connectivity index (χ3v) is 4.83. The van der Waals surface area contributed by atoms with Gasteiger partial charge in [0.2, 0.25) is 0 Å². The normalized spacial score (nSPS) is 39.2. The van der Waals surface area contributed by atoms with E-state index in [-0.39, 0.29) is 11.6 Å². The van der Waals surface area contributed by atoms with Crippen LogP contribution in [-0.2, 0) is 14.3 Å². The molecule has 3 fully saturated rings. The van der Waals surface area contributed by atoms with Gasteiger partial charge in [0.1, 0.15) is 5.60 Å². The standard InChI is InChI=1S/C14H22O3/c1-10(15)17-14(7-3-2-4-8-14)12-9-11-5-6-13(12)16-11/h11-13H,2-9H2,1H3. The van der Waals surface area contributed by atoms with Crippen LogP contribution >= 0.6 is 0 Å². The predicted molar refractivity (Wildman–Crippen MR) is 63.6 cm³/mol. The Bertz CT molecular complexity index is 307. The molecule has 1 aliphatic carbocycles. The van der Waals surface area contributed by atoms with Crippen LogP contribution in [0.15, 0.2) is 0 Å². The molecule has 3 unspecified atom stereocenters. The van der Waals surface area contributed by atoms with Gasteiger partial charge in [-0.25, -0.2) is 0 Å². The largest absolute Gasteiger partial charge is 0.459 e. The first-order valence-electron chi connectivity index (χ1n) is 7.05. The summed E-state index contributed by atoms with van der Waals surface area (Å²) >= 11 is 0. The highest BCUT2D eigenvalue weighted by atomic mass is 16.6. The van der Waals surface area contributed by atoms with E-state index in [4.69, 9.17) is 9.47 Å². The molecule has 0 spiro atoms. The molecule has 1 saturated carbocycles. The molecule has 3 aliphatic rings. The Balaban J connectivity index is 1.80. The monoisotopic (exact) mass is 238 g/mol. The van der Waals surface area contributed by atoms with Gasteiger partial charge in [0.25, 0.3) is 0 Å². The second-order valence-corrected chi connectivity index (χ2v) is 5.94. The summed E-state index contributed by atoms with van der Waals surface area (Å²) in [5, 5.41) is 0. The fourth-order valence-corrected chi connectivity index (χ4v) is 4.18. The second kappa shape index (κ2) is 4.27. The summed E-state index contributed by atoms with van der Waals surface area (Å²) in [6.45, 7) is 1.55. The van der Waals surface area contributed by atoms with Crippen LogP contribution < -0.4 is 0 Å². The number of carbonyl (C=O) groups is 1. The molecule has 3 atom stereocenters. The second-order valence-electron chi connectivity index (χ2n) is 5.94. The van der Waals surface area contributed by atoms with E-state index in [1.807, 2.05) is 0 Å². The van der Waals surface area contributed by atoms with Gasteiger partial charge in [0, 0.05) is 12.8 Å². The molecule has 2 bridgehead atoms. The third kappa shape index (κ3) is 1.99. The Morgan fingerprint density at radius 1 is 1.24 bits per heavy atom. The van der Waals surface area contributed by atoms with Crippen molar-refractivity contribution in [2.45, 2.75) is 76.1 Å². The Morgan fingerprint density at radius 3 is 2.53 bits per heavy atom. The molecule has 0 radical (unpaired) electrons. The van der Waals surface area contributed by atoms with Gasteiger partial charge >= 0.3 is 5.97 Å². The molecule has 2 aliphatic heterocycles. The number of fused-ring (bicyclic) bond motifs is 2. The van der Waals surface area contributed by atoms with Crippen LogP contribution in [0.25, 0.3) is 0 Å². The van der Waals surface area contributed by atoms with Crippen molar-refractivity contribution in [1.82, 2.24) is 0 Å². The van der Waals surface area contributed by atoms with E-state index in [2.05, 4.69) is 0 Å². The van der Waals surface area contributed by atoms with E-state index >= 15 is 0 Å². The van der Waals surface area contributed by atoms with E-state index in [0.717, 1.165) is 19.3 Å². The minimum absolute atomic E-state index is 0.116. The molecule has 0 aromatic carbocycles. The highest BCUT2D eigenvalue weighted by molar-refractivity contribution is 5.66. The van der Waals surface area contributed by atoms with Crippen molar-refractivity contribution >= 4 is 5.97 Å². The Morgan fingerprint density at radius 2 is 2.00 bits per heavy atom. The predicted octanol–water partition coefficient (Wildman–Crippen LogP) is 2.82. The van der Waals surface area contributed by atoms with Crippen molar-refractivity contribution in [3.63, 3.8) is 0 Å². The molecule has 17 heavy (non-hydrogen) atoms. The maximum Gasteiger partial charge on any atom is 0.303 e. The lowest BCUT2D eigenvalue weighted by atomic mass is 9.69. The summed E-state index contributed by atoms with van der Waals surface area (Å²) in [5.41, 5.74) is -0.191. The number of esters is 1. The fourth-order valence-electron chi connectivity index (χ4n) is 4.18. The van der Waals surface area contributed by atoms with Gasteiger partial charge in [-0.2, -0.15) is 0 Å². The van der Waals surface area contributed by atoms with Crippen LogP contribution in [0.4, 0.5) is 0 Å². The van der Waals surface area contributed by atoms with Crippen molar-refractivity contribution in [2.75, 3.05) is 0 Å². The van der Waals surface area contributed by atoms with Crippen molar-refractivity contribution in [2.24, 2.45) is 5.92 Å². The average molecular weight is 238 g/mol. The van der Waals surface area contributed by atoms with E-state index < -0.39 is 0 Å². The third-order valence-electron chi connectivity index (χ3n) is 4.83. The van der Waals surface area contributed by atoms with Gasteiger partial charge in [-0.3, -0.25) is 4.79 Å². The summed E-state index contributed by atoms with van der Waals surface area (Å²) in [5.74, 6) is 0.347. The molecule has 3 heteroatoms. The van der Waals surface area contributed by atoms with Gasteiger partial charge < -0.3 is 9.47 Å². The van der Waals surface area contributed by atoms with Crippen molar-refractivity contribution < 1.29 is 14.3 Å². The molecule has 3 rings (SSSR count). The minimum Gasteiger partial charge on any atom is -0.459 e. The van der Waals surface area contributed by atoms with Gasteiger partial charge in [-0.15, -0.1) is 0 Å². The maximum atomic E-state index is 11.4. The van der Waals surface area contributed by atoms with Gasteiger partial charge in [0.05, 0.1) is 12.2 Å². The van der Waals surface area contributed by atoms with Crippen LogP contribution in [0.1, 0.15) is 58.3 Å². The van der Waals surface area contributed by atoms with Gasteiger partial charge in [-0.05, 0) is 44.9 Å². The van der Waals surface area contributed by atoms with Crippen molar-refractivity contribution in [3.05, 3.63) is 0 Å². The Kier molecular flexibility index (Phi) is 2.89. The van der Waals surface area contributed by atoms with Gasteiger partial charge in [0.15, 0.2) is 0 Å². The lowest BCUT2D eigenvalue weighted by molar-refractivity contribution is -0.171. The van der Waals surface area contributed by atoms with E-state index in [0.29, 0.717) is 18.1 Å². The maximum absolute atomic E-state index is 11.4. The van der Waals surface area contributed by atoms with Crippen LogP contribution in [0.3, 0.4) is 0 Å². The average Bonchev–Trinajstić information content (AvgIpc) is 2.91. The topological polar surface area (TPSA) is 35.5 Å². The summed E-state index contributed by atoms with van der Waals surface area (Å²) < 4.78 is 11.7. The molecule has 0 aromatic rings. The van der Waals surface area contributed by atoms with Crippen molar-refractivity contribution in [1.29, 1.82) is 0 Å². The molecule has 0 N–H and O–H groups in total. The number of hydrogen-bond acceptors (Lipinski definition) is 3. The molecule has 0 aromatic heterocycles. The highest BCUT2D eigenvalue weighted by Crippen LogP contribution is 2.50. The summed E-state index contributed by atoms with van der Waals surface area (Å²) in [7, 11) is 0. The number of carbonyl (C=O) groups excluding carboxylic acids is 1. The van der Waals surface area contributed by atoms with Crippen LogP contribution in [-0.4, -0.2) is 23.8 Å². The molecule has 3 nitrogen and oxygen atoms in total. The van der Waals surface area contributed by atoms with Gasteiger partial charge in [-0.1, -0.05) is 6.42 Å². The SMILES string of the molecule is CC(=O)OC1(C2CC3CCC2O3)CCCCC1. The Hall–Kier alpha value is -0.570. The molecular formula is C14H22O3. The quantitative estimate of drug-likeness (QED) is 0.694. The molecular weight excluding hydrogens is 216 g/mol. The first-order chi connectivity index (χ1) is 8.20. The molecule has 96 valence electrons. The van der Waals surface area contributed by atoms with Crippen LogP contribution in [0.2, 0.25) is 0 Å². The molecule has 0 amide bonds. The van der Waals surface area contributed by atoms with E-state index in [1.165, 1.54) is 32.1 Å². The Labute approximate surface area is 103 Å². The minimum atomic E-state index is -0.191. The first kappa shape index (κ1) is 11.5. The highest BCUT2D eigenvalue weighted by Gasteiger charge is 2.53. The van der Waals surface area contributed by atoms with Crippen molar-refractivity contribution in [3.8, 4) is 0 Å². The zero-order chi connectivity index (χ0) is 11.9.